The molecule has 2 aliphatic rings. The average molecular weight is 314 g/mol. The monoisotopic (exact) mass is 314 g/mol. The minimum absolute atomic E-state index is 0.0362. The van der Waals surface area contributed by atoms with Crippen LogP contribution in [0.15, 0.2) is 35.9 Å². The number of benzene rings is 1. The lowest BCUT2D eigenvalue weighted by molar-refractivity contribution is -0.134. The summed E-state index contributed by atoms with van der Waals surface area (Å²) in [5.74, 6) is 2.50. The van der Waals surface area contributed by atoms with E-state index in [9.17, 15) is 4.79 Å². The molecule has 0 N–H and O–H groups in total. The molecule has 0 unspecified atom stereocenters. The number of esters is 1. The van der Waals surface area contributed by atoms with Gasteiger partial charge in [-0.15, -0.1) is 0 Å². The fraction of sp³-hybridized carbons (Fsp3) is 0.550. The maximum absolute atomic E-state index is 11.7. The van der Waals surface area contributed by atoms with Gasteiger partial charge in [0.05, 0.1) is 12.7 Å². The van der Waals surface area contributed by atoms with Crippen LogP contribution in [-0.4, -0.2) is 12.6 Å². The number of rotatable bonds is 3. The van der Waals surface area contributed by atoms with Crippen LogP contribution in [0, 0.1) is 23.7 Å². The predicted molar refractivity (Wildman–Crippen MR) is 90.1 cm³/mol. The highest BCUT2D eigenvalue weighted by molar-refractivity contribution is 5.72. The molecule has 0 saturated carbocycles. The zero-order valence-electron chi connectivity index (χ0n) is 14.4. The predicted octanol–water partition coefficient (Wildman–Crippen LogP) is 4.54. The molecule has 124 valence electrons. The van der Waals surface area contributed by atoms with Gasteiger partial charge in [-0.3, -0.25) is 4.79 Å². The standard InChI is InChI=1S/C20H26O3/c1-5-18(21)23-17-9-7-6-8-15(17)20-19-13(3)10-12(2)16(11-22-20)14(19)4/h6-10,12,14,16,19-20H,5,11H2,1-4H3/t12-,14-,16+,19-,20+/m1/s1. The molecule has 1 heterocycles. The van der Waals surface area contributed by atoms with E-state index < -0.39 is 0 Å². The molecule has 1 fully saturated rings. The van der Waals surface area contributed by atoms with E-state index in [4.69, 9.17) is 9.47 Å². The highest BCUT2D eigenvalue weighted by atomic mass is 16.5. The molecule has 3 heteroatoms. The Hall–Kier alpha value is -1.61. The Labute approximate surface area is 138 Å². The van der Waals surface area contributed by atoms with Gasteiger partial charge in [0.15, 0.2) is 0 Å². The number of carbonyl (C=O) groups excluding carboxylic acids is 1. The van der Waals surface area contributed by atoms with E-state index in [1.807, 2.05) is 31.2 Å². The SMILES string of the molecule is CCC(=O)Oc1ccccc1[C@@H]1OC[C@@H]2[C@@H](C)[C@H]1C(C)=C[C@H]2C. The molecular formula is C20H26O3. The molecule has 0 spiro atoms. The Kier molecular flexibility index (Phi) is 4.58. The second-order valence-corrected chi connectivity index (χ2v) is 6.94. The van der Waals surface area contributed by atoms with Gasteiger partial charge in [0.1, 0.15) is 5.75 Å². The fourth-order valence-electron chi connectivity index (χ4n) is 4.23. The normalized spacial score (nSPS) is 33.0. The van der Waals surface area contributed by atoms with Crippen molar-refractivity contribution in [2.45, 2.75) is 40.2 Å². The second-order valence-electron chi connectivity index (χ2n) is 6.94. The van der Waals surface area contributed by atoms with E-state index in [-0.39, 0.29) is 12.1 Å². The van der Waals surface area contributed by atoms with Crippen molar-refractivity contribution < 1.29 is 14.3 Å². The summed E-state index contributed by atoms with van der Waals surface area (Å²) in [6.45, 7) is 9.39. The molecule has 0 amide bonds. The first-order valence-electron chi connectivity index (χ1n) is 8.62. The lowest BCUT2D eigenvalue weighted by atomic mass is 9.64. The van der Waals surface area contributed by atoms with Crippen LogP contribution in [0.3, 0.4) is 0 Å². The van der Waals surface area contributed by atoms with Crippen molar-refractivity contribution in [1.29, 1.82) is 0 Å². The summed E-state index contributed by atoms with van der Waals surface area (Å²) in [6, 6.07) is 7.79. The van der Waals surface area contributed by atoms with Crippen molar-refractivity contribution in [3.63, 3.8) is 0 Å². The van der Waals surface area contributed by atoms with Crippen molar-refractivity contribution in [2.75, 3.05) is 6.61 Å². The first-order valence-corrected chi connectivity index (χ1v) is 8.62. The van der Waals surface area contributed by atoms with E-state index in [1.54, 1.807) is 0 Å². The molecule has 1 aliphatic heterocycles. The summed E-state index contributed by atoms with van der Waals surface area (Å²) in [5, 5.41) is 0. The number of allylic oxidation sites excluding steroid dienone is 1. The van der Waals surface area contributed by atoms with Crippen molar-refractivity contribution in [2.24, 2.45) is 23.7 Å². The number of ether oxygens (including phenoxy) is 2. The van der Waals surface area contributed by atoms with Crippen LogP contribution in [-0.2, 0) is 9.53 Å². The summed E-state index contributed by atoms with van der Waals surface area (Å²) < 4.78 is 11.8. The van der Waals surface area contributed by atoms with E-state index in [0.29, 0.717) is 35.8 Å². The molecular weight excluding hydrogens is 288 g/mol. The minimum atomic E-state index is -0.205. The van der Waals surface area contributed by atoms with E-state index >= 15 is 0 Å². The van der Waals surface area contributed by atoms with Gasteiger partial charge in [0, 0.05) is 17.9 Å². The number of fused-ring (bicyclic) bond motifs is 2. The first kappa shape index (κ1) is 16.3. The molecule has 2 bridgehead atoms. The quantitative estimate of drug-likeness (QED) is 0.467. The molecule has 1 aromatic rings. The summed E-state index contributed by atoms with van der Waals surface area (Å²) >= 11 is 0. The van der Waals surface area contributed by atoms with Gasteiger partial charge >= 0.3 is 5.97 Å². The Balaban J connectivity index is 1.96. The fourth-order valence-corrected chi connectivity index (χ4v) is 4.23. The highest BCUT2D eigenvalue weighted by Crippen LogP contribution is 2.50. The Morgan fingerprint density at radius 2 is 2.04 bits per heavy atom. The Morgan fingerprint density at radius 1 is 1.30 bits per heavy atom. The number of hydrogen-bond acceptors (Lipinski definition) is 3. The number of para-hydroxylation sites is 1. The van der Waals surface area contributed by atoms with E-state index in [1.165, 1.54) is 5.57 Å². The maximum atomic E-state index is 11.7. The zero-order chi connectivity index (χ0) is 16.6. The molecule has 3 nitrogen and oxygen atoms in total. The van der Waals surface area contributed by atoms with Crippen LogP contribution in [0.2, 0.25) is 0 Å². The van der Waals surface area contributed by atoms with Crippen LogP contribution in [0.25, 0.3) is 0 Å². The highest BCUT2D eigenvalue weighted by Gasteiger charge is 2.44. The number of carbonyl (C=O) groups is 1. The van der Waals surface area contributed by atoms with Gasteiger partial charge in [-0.2, -0.15) is 0 Å². The van der Waals surface area contributed by atoms with Gasteiger partial charge in [0.25, 0.3) is 0 Å². The molecule has 23 heavy (non-hydrogen) atoms. The maximum Gasteiger partial charge on any atom is 0.310 e. The third kappa shape index (κ3) is 2.94. The third-order valence-electron chi connectivity index (χ3n) is 5.50. The molecule has 5 atom stereocenters. The molecule has 1 aliphatic carbocycles. The number of hydrogen-bond donors (Lipinski definition) is 0. The topological polar surface area (TPSA) is 35.5 Å². The smallest absolute Gasteiger partial charge is 0.310 e. The zero-order valence-corrected chi connectivity index (χ0v) is 14.4. The lowest BCUT2D eigenvalue weighted by Crippen LogP contribution is -2.42. The summed E-state index contributed by atoms with van der Waals surface area (Å²) in [6.07, 6.45) is 2.73. The summed E-state index contributed by atoms with van der Waals surface area (Å²) in [7, 11) is 0. The van der Waals surface area contributed by atoms with Crippen LogP contribution in [0.5, 0.6) is 5.75 Å². The van der Waals surface area contributed by atoms with Gasteiger partial charge in [0.2, 0.25) is 0 Å². The van der Waals surface area contributed by atoms with Crippen LogP contribution in [0.1, 0.15) is 45.8 Å². The molecule has 0 radical (unpaired) electrons. The van der Waals surface area contributed by atoms with Crippen LogP contribution >= 0.6 is 0 Å². The molecule has 1 saturated heterocycles. The molecule has 3 rings (SSSR count). The first-order chi connectivity index (χ1) is 11.0. The summed E-state index contributed by atoms with van der Waals surface area (Å²) in [4.78, 5) is 11.7. The van der Waals surface area contributed by atoms with E-state index in [0.717, 1.165) is 12.2 Å². The minimum Gasteiger partial charge on any atom is -0.426 e. The van der Waals surface area contributed by atoms with Crippen LogP contribution in [0.4, 0.5) is 0 Å². The van der Waals surface area contributed by atoms with E-state index in [2.05, 4.69) is 26.8 Å². The van der Waals surface area contributed by atoms with Crippen molar-refractivity contribution in [1.82, 2.24) is 0 Å². The third-order valence-corrected chi connectivity index (χ3v) is 5.50. The van der Waals surface area contributed by atoms with Crippen molar-refractivity contribution in [3.05, 3.63) is 41.5 Å². The molecule has 0 aromatic heterocycles. The molecule has 1 aromatic carbocycles. The van der Waals surface area contributed by atoms with Crippen molar-refractivity contribution >= 4 is 5.97 Å². The van der Waals surface area contributed by atoms with Gasteiger partial charge in [-0.05, 0) is 30.7 Å². The van der Waals surface area contributed by atoms with Gasteiger partial charge in [-0.1, -0.05) is 50.6 Å². The largest absolute Gasteiger partial charge is 0.426 e. The lowest BCUT2D eigenvalue weighted by Gasteiger charge is -2.47. The Bertz CT molecular complexity index is 619. The van der Waals surface area contributed by atoms with Gasteiger partial charge in [-0.25, -0.2) is 0 Å². The van der Waals surface area contributed by atoms with Gasteiger partial charge < -0.3 is 9.47 Å². The second kappa shape index (κ2) is 6.48. The Morgan fingerprint density at radius 3 is 2.78 bits per heavy atom. The average Bonchev–Trinajstić information content (AvgIpc) is 2.53. The summed E-state index contributed by atoms with van der Waals surface area (Å²) in [5.41, 5.74) is 2.38. The van der Waals surface area contributed by atoms with Crippen LogP contribution < -0.4 is 4.74 Å². The van der Waals surface area contributed by atoms with Crippen molar-refractivity contribution in [3.8, 4) is 5.75 Å².